The third-order valence-electron chi connectivity index (χ3n) is 5.01. The third-order valence-corrected chi connectivity index (χ3v) is 7.14. The van der Waals surface area contributed by atoms with Crippen LogP contribution in [0.5, 0.6) is 0 Å². The van der Waals surface area contributed by atoms with Gasteiger partial charge >= 0.3 is 0 Å². The maximum atomic E-state index is 12.8. The van der Waals surface area contributed by atoms with Crippen molar-refractivity contribution in [3.63, 3.8) is 0 Å². The number of fused-ring (bicyclic) bond motifs is 1. The average Bonchev–Trinajstić information content (AvgIpc) is 3.16. The highest BCUT2D eigenvalue weighted by atomic mass is 35.5. The van der Waals surface area contributed by atoms with E-state index in [4.69, 9.17) is 11.6 Å². The molecule has 30 heavy (non-hydrogen) atoms. The van der Waals surface area contributed by atoms with E-state index in [9.17, 15) is 23.3 Å². The van der Waals surface area contributed by atoms with Crippen LogP contribution in [-0.2, 0) is 10.0 Å². The molecule has 4 rings (SSSR count). The van der Waals surface area contributed by atoms with Crippen molar-refractivity contribution in [3.8, 4) is 0 Å². The second-order valence-electron chi connectivity index (χ2n) is 6.87. The zero-order valence-electron chi connectivity index (χ0n) is 15.6. The first kappa shape index (κ1) is 20.3. The number of non-ortho nitro benzene ring substituents is 1. The normalized spacial score (nSPS) is 15.4. The number of carbonyl (C=O) groups excluding carboxylic acids is 1. The standard InChI is InChI=1S/C19H17ClN4O5S/c20-14-5-4-13-10-18(21-17(13)11-14)19(25)22-6-8-23(9-7-22)30(28,29)16-3-1-2-15(12-16)24(26)27/h1-5,10-12,21H,6-9H2. The number of benzene rings is 2. The molecule has 0 aliphatic carbocycles. The second kappa shape index (κ2) is 7.71. The Morgan fingerprint density at radius 1 is 1.07 bits per heavy atom. The first-order valence-electron chi connectivity index (χ1n) is 9.08. The van der Waals surface area contributed by atoms with Crippen LogP contribution in [0, 0.1) is 10.1 Å². The maximum absolute atomic E-state index is 12.8. The summed E-state index contributed by atoms with van der Waals surface area (Å²) in [7, 11) is -3.89. The summed E-state index contributed by atoms with van der Waals surface area (Å²) in [5, 5.41) is 12.3. The summed E-state index contributed by atoms with van der Waals surface area (Å²) in [6, 6.07) is 12.0. The molecule has 1 amide bonds. The van der Waals surface area contributed by atoms with Crippen LogP contribution >= 0.6 is 11.6 Å². The molecular weight excluding hydrogens is 432 g/mol. The van der Waals surface area contributed by atoms with Crippen LogP contribution in [0.1, 0.15) is 10.5 Å². The predicted octanol–water partition coefficient (Wildman–Crippen LogP) is 2.88. The monoisotopic (exact) mass is 448 g/mol. The third kappa shape index (κ3) is 3.76. The maximum Gasteiger partial charge on any atom is 0.270 e. The number of aromatic amines is 1. The fourth-order valence-corrected chi connectivity index (χ4v) is 5.06. The number of halogens is 1. The Kier molecular flexibility index (Phi) is 5.22. The summed E-state index contributed by atoms with van der Waals surface area (Å²) in [6.45, 7) is 0.623. The minimum Gasteiger partial charge on any atom is -0.350 e. The van der Waals surface area contributed by atoms with E-state index in [1.807, 2.05) is 6.07 Å². The van der Waals surface area contributed by atoms with E-state index < -0.39 is 14.9 Å². The Morgan fingerprint density at radius 3 is 2.50 bits per heavy atom. The van der Waals surface area contributed by atoms with Crippen molar-refractivity contribution in [3.05, 3.63) is 69.4 Å². The fraction of sp³-hybridized carbons (Fsp3) is 0.211. The Morgan fingerprint density at radius 2 is 1.80 bits per heavy atom. The van der Waals surface area contributed by atoms with Crippen molar-refractivity contribution >= 4 is 44.1 Å². The molecule has 11 heteroatoms. The summed E-state index contributed by atoms with van der Waals surface area (Å²) >= 11 is 5.98. The molecule has 1 saturated heterocycles. The predicted molar refractivity (Wildman–Crippen MR) is 111 cm³/mol. The molecule has 1 aliphatic rings. The highest BCUT2D eigenvalue weighted by Gasteiger charge is 2.31. The van der Waals surface area contributed by atoms with Gasteiger partial charge in [-0.05, 0) is 24.3 Å². The van der Waals surface area contributed by atoms with Gasteiger partial charge in [0.15, 0.2) is 0 Å². The number of nitro groups is 1. The number of rotatable bonds is 4. The van der Waals surface area contributed by atoms with E-state index in [1.54, 1.807) is 23.1 Å². The van der Waals surface area contributed by atoms with Crippen molar-refractivity contribution in [2.24, 2.45) is 0 Å². The molecule has 1 N–H and O–H groups in total. The number of aromatic nitrogens is 1. The van der Waals surface area contributed by atoms with Crippen molar-refractivity contribution in [1.82, 2.24) is 14.2 Å². The van der Waals surface area contributed by atoms with E-state index in [0.717, 1.165) is 17.0 Å². The molecule has 0 unspecified atom stereocenters. The molecule has 3 aromatic rings. The Balaban J connectivity index is 1.48. The van der Waals surface area contributed by atoms with Gasteiger partial charge in [-0.25, -0.2) is 8.42 Å². The number of H-pyrrole nitrogens is 1. The number of hydrogen-bond donors (Lipinski definition) is 1. The van der Waals surface area contributed by atoms with E-state index in [2.05, 4.69) is 4.98 Å². The van der Waals surface area contributed by atoms with Crippen molar-refractivity contribution in [2.45, 2.75) is 4.90 Å². The highest BCUT2D eigenvalue weighted by Crippen LogP contribution is 2.24. The quantitative estimate of drug-likeness (QED) is 0.486. The zero-order valence-corrected chi connectivity index (χ0v) is 17.2. The van der Waals surface area contributed by atoms with E-state index in [1.165, 1.54) is 22.5 Å². The molecule has 1 aliphatic heterocycles. The van der Waals surface area contributed by atoms with E-state index >= 15 is 0 Å². The van der Waals surface area contributed by atoms with Crippen LogP contribution in [0.15, 0.2) is 53.4 Å². The number of piperazine rings is 1. The van der Waals surface area contributed by atoms with Crippen LogP contribution in [0.4, 0.5) is 5.69 Å². The molecule has 2 heterocycles. The van der Waals surface area contributed by atoms with Gasteiger partial charge in [0.25, 0.3) is 11.6 Å². The lowest BCUT2D eigenvalue weighted by atomic mass is 10.2. The highest BCUT2D eigenvalue weighted by molar-refractivity contribution is 7.89. The molecule has 156 valence electrons. The molecule has 0 saturated carbocycles. The van der Waals surface area contributed by atoms with Crippen molar-refractivity contribution in [2.75, 3.05) is 26.2 Å². The van der Waals surface area contributed by atoms with Crippen LogP contribution in [0.3, 0.4) is 0 Å². The lowest BCUT2D eigenvalue weighted by molar-refractivity contribution is -0.385. The van der Waals surface area contributed by atoms with Gasteiger partial charge in [-0.3, -0.25) is 14.9 Å². The van der Waals surface area contributed by atoms with E-state index in [0.29, 0.717) is 10.7 Å². The van der Waals surface area contributed by atoms with Gasteiger partial charge in [-0.2, -0.15) is 4.31 Å². The smallest absolute Gasteiger partial charge is 0.270 e. The van der Waals surface area contributed by atoms with Gasteiger partial charge < -0.3 is 9.88 Å². The topological polar surface area (TPSA) is 117 Å². The van der Waals surface area contributed by atoms with Crippen molar-refractivity contribution in [1.29, 1.82) is 0 Å². The average molecular weight is 449 g/mol. The number of nitrogens with one attached hydrogen (secondary N) is 1. The Labute approximate surface area is 177 Å². The summed E-state index contributed by atoms with van der Waals surface area (Å²) < 4.78 is 26.9. The Bertz CT molecular complexity index is 1250. The molecular formula is C19H17ClN4O5S. The van der Waals surface area contributed by atoms with Crippen LogP contribution in [0.25, 0.3) is 10.9 Å². The van der Waals surface area contributed by atoms with Crippen LogP contribution < -0.4 is 0 Å². The van der Waals surface area contributed by atoms with Gasteiger partial charge in [0.05, 0.1) is 9.82 Å². The molecule has 0 spiro atoms. The minimum absolute atomic E-state index is 0.100. The second-order valence-corrected chi connectivity index (χ2v) is 9.24. The lowest BCUT2D eigenvalue weighted by Gasteiger charge is -2.33. The summed E-state index contributed by atoms with van der Waals surface area (Å²) in [5.41, 5.74) is 0.865. The van der Waals surface area contributed by atoms with Gasteiger partial charge in [0, 0.05) is 54.2 Å². The SMILES string of the molecule is O=C(c1cc2ccc(Cl)cc2[nH]1)N1CCN(S(=O)(=O)c2cccc([N+](=O)[O-])c2)CC1. The fourth-order valence-electron chi connectivity index (χ4n) is 3.42. The number of hydrogen-bond acceptors (Lipinski definition) is 5. The number of carbonyl (C=O) groups is 1. The lowest BCUT2D eigenvalue weighted by Crippen LogP contribution is -2.50. The first-order chi connectivity index (χ1) is 14.3. The molecule has 1 fully saturated rings. The van der Waals surface area contributed by atoms with E-state index in [-0.39, 0.29) is 42.7 Å². The molecule has 1 aromatic heterocycles. The number of nitrogens with zero attached hydrogens (tertiary/aromatic N) is 3. The van der Waals surface area contributed by atoms with Gasteiger partial charge in [-0.15, -0.1) is 0 Å². The molecule has 0 radical (unpaired) electrons. The minimum atomic E-state index is -3.89. The molecule has 9 nitrogen and oxygen atoms in total. The van der Waals surface area contributed by atoms with Crippen LogP contribution in [-0.4, -0.2) is 59.6 Å². The first-order valence-corrected chi connectivity index (χ1v) is 10.9. The van der Waals surface area contributed by atoms with Crippen molar-refractivity contribution < 1.29 is 18.1 Å². The number of amides is 1. The van der Waals surface area contributed by atoms with Gasteiger partial charge in [0.2, 0.25) is 10.0 Å². The summed E-state index contributed by atoms with van der Waals surface area (Å²) in [5.74, 6) is -0.227. The largest absolute Gasteiger partial charge is 0.350 e. The molecule has 2 aromatic carbocycles. The van der Waals surface area contributed by atoms with Gasteiger partial charge in [0.1, 0.15) is 5.69 Å². The summed E-state index contributed by atoms with van der Waals surface area (Å²) in [6.07, 6.45) is 0. The Hall–Kier alpha value is -2.95. The molecule has 0 bridgehead atoms. The number of nitro benzene ring substituents is 1. The summed E-state index contributed by atoms with van der Waals surface area (Å²) in [4.78, 5) is 27.6. The zero-order chi connectivity index (χ0) is 21.5. The molecule has 0 atom stereocenters. The van der Waals surface area contributed by atoms with Gasteiger partial charge in [-0.1, -0.05) is 23.7 Å². The van der Waals surface area contributed by atoms with Crippen LogP contribution in [0.2, 0.25) is 5.02 Å². The number of sulfonamides is 1.